The van der Waals surface area contributed by atoms with Crippen LogP contribution in [0.5, 0.6) is 0 Å². The summed E-state index contributed by atoms with van der Waals surface area (Å²) in [5, 5.41) is 8.74. The first kappa shape index (κ1) is 11.5. The Bertz CT molecular complexity index is 203. The molecule has 0 unspecified atom stereocenters. The van der Waals surface area contributed by atoms with E-state index in [1.54, 1.807) is 0 Å². The number of nitrogens with zero attached hydrogens (tertiary/aromatic N) is 1. The van der Waals surface area contributed by atoms with Crippen LogP contribution in [0.3, 0.4) is 0 Å². The van der Waals surface area contributed by atoms with Crippen LogP contribution in [0, 0.1) is 11.8 Å². The van der Waals surface area contributed by atoms with Gasteiger partial charge in [0.05, 0.1) is 0 Å². The second-order valence-electron chi connectivity index (χ2n) is 4.78. The molecule has 2 atom stereocenters. The highest BCUT2D eigenvalue weighted by atomic mass is 16.4. The van der Waals surface area contributed by atoms with Gasteiger partial charge in [-0.25, -0.2) is 0 Å². The number of carbonyl (C=O) groups is 1. The van der Waals surface area contributed by atoms with Crippen molar-refractivity contribution in [3.63, 3.8) is 0 Å². The third-order valence-corrected chi connectivity index (χ3v) is 3.08. The molecule has 0 saturated carbocycles. The number of carboxylic acid groups (broad SMARTS) is 1. The zero-order valence-electron chi connectivity index (χ0n) is 9.36. The second kappa shape index (κ2) is 4.78. The van der Waals surface area contributed by atoms with Gasteiger partial charge in [-0.05, 0) is 31.7 Å². The summed E-state index contributed by atoms with van der Waals surface area (Å²) in [6.07, 6.45) is 1.37. The van der Waals surface area contributed by atoms with Crippen molar-refractivity contribution in [2.24, 2.45) is 11.8 Å². The van der Waals surface area contributed by atoms with E-state index in [1.165, 1.54) is 0 Å². The summed E-state index contributed by atoms with van der Waals surface area (Å²) in [4.78, 5) is 13.0. The van der Waals surface area contributed by atoms with Crippen molar-refractivity contribution in [1.82, 2.24) is 4.90 Å². The molecule has 0 aromatic heterocycles. The van der Waals surface area contributed by atoms with Gasteiger partial charge in [0.2, 0.25) is 0 Å². The standard InChI is InChI=1S/C11H21NO2/c1-8(2)7-12-5-4-10(9(12)3)6-11(13)14/h8-10H,4-7H2,1-3H3,(H,13,14)/t9-,10-/m1/s1. The van der Waals surface area contributed by atoms with E-state index >= 15 is 0 Å². The lowest BCUT2D eigenvalue weighted by Crippen LogP contribution is -2.33. The average molecular weight is 199 g/mol. The van der Waals surface area contributed by atoms with Gasteiger partial charge in [0, 0.05) is 19.0 Å². The molecule has 0 aromatic carbocycles. The Morgan fingerprint density at radius 1 is 1.57 bits per heavy atom. The number of rotatable bonds is 4. The Morgan fingerprint density at radius 2 is 2.21 bits per heavy atom. The van der Waals surface area contributed by atoms with E-state index in [1.807, 2.05) is 0 Å². The van der Waals surface area contributed by atoms with Crippen molar-refractivity contribution in [3.8, 4) is 0 Å². The molecule has 3 heteroatoms. The molecule has 1 rings (SSSR count). The van der Waals surface area contributed by atoms with Crippen molar-refractivity contribution in [1.29, 1.82) is 0 Å². The second-order valence-corrected chi connectivity index (χ2v) is 4.78. The van der Waals surface area contributed by atoms with Crippen LogP contribution in [0.1, 0.15) is 33.6 Å². The summed E-state index contributed by atoms with van der Waals surface area (Å²) >= 11 is 0. The van der Waals surface area contributed by atoms with Crippen LogP contribution in [-0.4, -0.2) is 35.1 Å². The molecule has 1 aliphatic rings. The molecule has 82 valence electrons. The van der Waals surface area contributed by atoms with E-state index in [4.69, 9.17) is 5.11 Å². The third kappa shape index (κ3) is 2.98. The number of hydrogen-bond donors (Lipinski definition) is 1. The van der Waals surface area contributed by atoms with Gasteiger partial charge in [0.1, 0.15) is 0 Å². The summed E-state index contributed by atoms with van der Waals surface area (Å²) in [7, 11) is 0. The Labute approximate surface area is 86.1 Å². The fourth-order valence-corrected chi connectivity index (χ4v) is 2.30. The number of carboxylic acids is 1. The number of likely N-dealkylation sites (tertiary alicyclic amines) is 1. The molecule has 1 aliphatic heterocycles. The van der Waals surface area contributed by atoms with Crippen molar-refractivity contribution in [2.75, 3.05) is 13.1 Å². The van der Waals surface area contributed by atoms with E-state index in [-0.39, 0.29) is 0 Å². The molecule has 1 fully saturated rings. The maximum absolute atomic E-state index is 10.6. The molecule has 1 heterocycles. The summed E-state index contributed by atoms with van der Waals surface area (Å²) in [5.41, 5.74) is 0. The van der Waals surface area contributed by atoms with Gasteiger partial charge in [-0.2, -0.15) is 0 Å². The largest absolute Gasteiger partial charge is 0.481 e. The van der Waals surface area contributed by atoms with Crippen LogP contribution in [0.15, 0.2) is 0 Å². The monoisotopic (exact) mass is 199 g/mol. The van der Waals surface area contributed by atoms with E-state index in [2.05, 4.69) is 25.7 Å². The van der Waals surface area contributed by atoms with Crippen molar-refractivity contribution >= 4 is 5.97 Å². The predicted molar refractivity (Wildman–Crippen MR) is 56.2 cm³/mol. The Kier molecular flexibility index (Phi) is 3.93. The van der Waals surface area contributed by atoms with Crippen molar-refractivity contribution < 1.29 is 9.90 Å². The first-order valence-corrected chi connectivity index (χ1v) is 5.46. The maximum Gasteiger partial charge on any atom is 0.303 e. The topological polar surface area (TPSA) is 40.5 Å². The van der Waals surface area contributed by atoms with Crippen LogP contribution in [0.4, 0.5) is 0 Å². The molecule has 14 heavy (non-hydrogen) atoms. The van der Waals surface area contributed by atoms with Gasteiger partial charge in [-0.15, -0.1) is 0 Å². The minimum absolute atomic E-state index is 0.329. The van der Waals surface area contributed by atoms with Gasteiger partial charge in [-0.3, -0.25) is 4.79 Å². The van der Waals surface area contributed by atoms with Crippen LogP contribution in [0.2, 0.25) is 0 Å². The van der Waals surface area contributed by atoms with E-state index < -0.39 is 5.97 Å². The third-order valence-electron chi connectivity index (χ3n) is 3.08. The molecule has 0 bridgehead atoms. The number of hydrogen-bond acceptors (Lipinski definition) is 2. The zero-order chi connectivity index (χ0) is 10.7. The lowest BCUT2D eigenvalue weighted by atomic mass is 9.98. The molecular weight excluding hydrogens is 178 g/mol. The molecule has 0 amide bonds. The van der Waals surface area contributed by atoms with Crippen LogP contribution in [0.25, 0.3) is 0 Å². The summed E-state index contributed by atoms with van der Waals surface area (Å²) < 4.78 is 0. The Morgan fingerprint density at radius 3 is 2.71 bits per heavy atom. The highest BCUT2D eigenvalue weighted by Crippen LogP contribution is 2.27. The van der Waals surface area contributed by atoms with E-state index in [0.717, 1.165) is 19.5 Å². The molecule has 0 aromatic rings. The Balaban J connectivity index is 2.42. The molecule has 0 spiro atoms. The molecule has 1 N–H and O–H groups in total. The quantitative estimate of drug-likeness (QED) is 0.751. The smallest absolute Gasteiger partial charge is 0.303 e. The van der Waals surface area contributed by atoms with Crippen LogP contribution < -0.4 is 0 Å². The fraction of sp³-hybridized carbons (Fsp3) is 0.909. The van der Waals surface area contributed by atoms with Gasteiger partial charge in [0.25, 0.3) is 0 Å². The van der Waals surface area contributed by atoms with E-state index in [0.29, 0.717) is 24.3 Å². The molecule has 0 radical (unpaired) electrons. The maximum atomic E-state index is 10.6. The summed E-state index contributed by atoms with van der Waals surface area (Å²) in [6.45, 7) is 8.73. The van der Waals surface area contributed by atoms with Crippen LogP contribution in [-0.2, 0) is 4.79 Å². The minimum atomic E-state index is -0.659. The lowest BCUT2D eigenvalue weighted by Gasteiger charge is -2.25. The summed E-state index contributed by atoms with van der Waals surface area (Å²) in [5.74, 6) is 0.362. The fourth-order valence-electron chi connectivity index (χ4n) is 2.30. The first-order chi connectivity index (χ1) is 6.50. The predicted octanol–water partition coefficient (Wildman–Crippen LogP) is 1.83. The molecule has 3 nitrogen and oxygen atoms in total. The zero-order valence-corrected chi connectivity index (χ0v) is 9.36. The van der Waals surface area contributed by atoms with Crippen molar-refractivity contribution in [3.05, 3.63) is 0 Å². The molecule has 0 aliphatic carbocycles. The number of aliphatic carboxylic acids is 1. The highest BCUT2D eigenvalue weighted by molar-refractivity contribution is 5.67. The van der Waals surface area contributed by atoms with Gasteiger partial charge in [0.15, 0.2) is 0 Å². The van der Waals surface area contributed by atoms with Gasteiger partial charge in [-0.1, -0.05) is 13.8 Å². The van der Waals surface area contributed by atoms with E-state index in [9.17, 15) is 4.79 Å². The minimum Gasteiger partial charge on any atom is -0.481 e. The molecular formula is C11H21NO2. The van der Waals surface area contributed by atoms with Gasteiger partial charge >= 0.3 is 5.97 Å². The first-order valence-electron chi connectivity index (χ1n) is 5.46. The molecule has 1 saturated heterocycles. The van der Waals surface area contributed by atoms with Crippen LogP contribution >= 0.6 is 0 Å². The van der Waals surface area contributed by atoms with Crippen molar-refractivity contribution in [2.45, 2.75) is 39.7 Å². The summed E-state index contributed by atoms with van der Waals surface area (Å²) in [6, 6.07) is 0.438. The highest BCUT2D eigenvalue weighted by Gasteiger charge is 2.31. The lowest BCUT2D eigenvalue weighted by molar-refractivity contribution is -0.138. The SMILES string of the molecule is CC(C)CN1CC[C@H](CC(=O)O)[C@H]1C. The van der Waals surface area contributed by atoms with Gasteiger partial charge < -0.3 is 10.0 Å². The Hall–Kier alpha value is -0.570. The normalized spacial score (nSPS) is 28.6. The average Bonchev–Trinajstić information content (AvgIpc) is 2.34.